The van der Waals surface area contributed by atoms with Gasteiger partial charge in [0.2, 0.25) is 0 Å². The Morgan fingerprint density at radius 1 is 1.62 bits per heavy atom. The lowest BCUT2D eigenvalue weighted by molar-refractivity contribution is -0.116. The molecule has 1 nitrogen and oxygen atoms in total. The summed E-state index contributed by atoms with van der Waals surface area (Å²) in [6.45, 7) is 1.49. The highest BCUT2D eigenvalue weighted by Crippen LogP contribution is 2.27. The lowest BCUT2D eigenvalue weighted by Gasteiger charge is -2.08. The molecule has 13 heavy (non-hydrogen) atoms. The maximum Gasteiger partial charge on any atom is 0.152 e. The molecule has 0 saturated heterocycles. The molecule has 0 spiro atoms. The highest BCUT2D eigenvalue weighted by atomic mass is 127. The van der Waals surface area contributed by atoms with Gasteiger partial charge in [-0.25, -0.2) is 0 Å². The van der Waals surface area contributed by atoms with E-state index in [1.54, 1.807) is 0 Å². The second-order valence-electron chi connectivity index (χ2n) is 2.68. The number of halogens is 2. The normalized spacial score (nSPS) is 12.6. The van der Waals surface area contributed by atoms with E-state index in [0.29, 0.717) is 0 Å². The van der Waals surface area contributed by atoms with Crippen molar-refractivity contribution < 1.29 is 4.79 Å². The molecule has 0 fully saturated rings. The first-order valence-corrected chi connectivity index (χ1v) is 5.61. The predicted octanol–water partition coefficient (Wildman–Crippen LogP) is 3.45. The fraction of sp³-hybridized carbons (Fsp3) is 0.222. The fourth-order valence-corrected chi connectivity index (χ4v) is 2.59. The van der Waals surface area contributed by atoms with Crippen LogP contribution in [0.15, 0.2) is 23.1 Å². The minimum Gasteiger partial charge on any atom is -0.298 e. The largest absolute Gasteiger partial charge is 0.298 e. The number of hydrogen-bond acceptors (Lipinski definition) is 2. The molecule has 0 heterocycles. The summed E-state index contributed by atoms with van der Waals surface area (Å²) in [5, 5.41) is -0.541. The standard InChI is InChI=1S/C9H8ClIOS/c1-5(12)9(10)7-3-2-6(13)4-8(7)11/h2-4,9,13H,1H3. The van der Waals surface area contributed by atoms with Crippen LogP contribution in [0, 0.1) is 3.57 Å². The average molecular weight is 327 g/mol. The van der Waals surface area contributed by atoms with E-state index in [2.05, 4.69) is 35.2 Å². The van der Waals surface area contributed by atoms with Gasteiger partial charge in [0.05, 0.1) is 0 Å². The van der Waals surface area contributed by atoms with Crippen molar-refractivity contribution in [2.45, 2.75) is 17.2 Å². The summed E-state index contributed by atoms with van der Waals surface area (Å²) in [7, 11) is 0. The molecule has 0 aliphatic rings. The molecule has 0 aromatic heterocycles. The monoisotopic (exact) mass is 326 g/mol. The van der Waals surface area contributed by atoms with Gasteiger partial charge in [-0.2, -0.15) is 0 Å². The van der Waals surface area contributed by atoms with E-state index in [1.165, 1.54) is 6.92 Å². The van der Waals surface area contributed by atoms with Crippen LogP contribution in [0.4, 0.5) is 0 Å². The van der Waals surface area contributed by atoms with Crippen LogP contribution in [0.25, 0.3) is 0 Å². The average Bonchev–Trinajstić information content (AvgIpc) is 2.03. The Hall–Kier alpha value is 0.260. The zero-order valence-corrected chi connectivity index (χ0v) is 10.7. The lowest BCUT2D eigenvalue weighted by Crippen LogP contribution is -2.03. The van der Waals surface area contributed by atoms with Crippen LogP contribution >= 0.6 is 46.8 Å². The number of benzene rings is 1. The smallest absolute Gasteiger partial charge is 0.152 e. The van der Waals surface area contributed by atoms with Crippen LogP contribution < -0.4 is 0 Å². The molecule has 0 bridgehead atoms. The summed E-state index contributed by atoms with van der Waals surface area (Å²) in [5.41, 5.74) is 0.854. The lowest BCUT2D eigenvalue weighted by atomic mass is 10.1. The second kappa shape index (κ2) is 4.66. The van der Waals surface area contributed by atoms with Crippen molar-refractivity contribution in [2.75, 3.05) is 0 Å². The van der Waals surface area contributed by atoms with Crippen LogP contribution in [0.2, 0.25) is 0 Å². The quantitative estimate of drug-likeness (QED) is 0.500. The molecule has 1 aromatic carbocycles. The topological polar surface area (TPSA) is 17.1 Å². The van der Waals surface area contributed by atoms with Gasteiger partial charge in [0.1, 0.15) is 5.38 Å². The van der Waals surface area contributed by atoms with Gasteiger partial charge in [-0.1, -0.05) is 6.07 Å². The molecule has 0 saturated carbocycles. The summed E-state index contributed by atoms with van der Waals surface area (Å²) in [6.07, 6.45) is 0. The van der Waals surface area contributed by atoms with Crippen molar-refractivity contribution in [2.24, 2.45) is 0 Å². The van der Waals surface area contributed by atoms with E-state index in [0.717, 1.165) is 14.0 Å². The predicted molar refractivity (Wildman–Crippen MR) is 65.7 cm³/mol. The maximum atomic E-state index is 11.0. The van der Waals surface area contributed by atoms with Gasteiger partial charge in [-0.15, -0.1) is 24.2 Å². The van der Waals surface area contributed by atoms with E-state index in [4.69, 9.17) is 11.6 Å². The minimum absolute atomic E-state index is 0.0357. The molecule has 0 N–H and O–H groups in total. The van der Waals surface area contributed by atoms with Gasteiger partial charge in [0.25, 0.3) is 0 Å². The number of carbonyl (C=O) groups is 1. The Bertz CT molecular complexity index is 340. The first kappa shape index (κ1) is 11.3. The highest BCUT2D eigenvalue weighted by molar-refractivity contribution is 14.1. The molecule has 0 radical (unpaired) electrons. The summed E-state index contributed by atoms with van der Waals surface area (Å²) in [6, 6.07) is 5.55. The van der Waals surface area contributed by atoms with Crippen LogP contribution in [-0.4, -0.2) is 5.78 Å². The summed E-state index contributed by atoms with van der Waals surface area (Å²) >= 11 is 12.3. The molecule has 4 heteroatoms. The first-order chi connectivity index (χ1) is 6.02. The number of hydrogen-bond donors (Lipinski definition) is 1. The third-order valence-electron chi connectivity index (χ3n) is 1.61. The van der Waals surface area contributed by atoms with Crippen molar-refractivity contribution >= 4 is 52.6 Å². The highest BCUT2D eigenvalue weighted by Gasteiger charge is 2.15. The van der Waals surface area contributed by atoms with E-state index in [-0.39, 0.29) is 5.78 Å². The zero-order chi connectivity index (χ0) is 10.0. The third kappa shape index (κ3) is 2.86. The molecule has 0 aliphatic heterocycles. The maximum absolute atomic E-state index is 11.0. The Balaban J connectivity index is 3.08. The van der Waals surface area contributed by atoms with Crippen LogP contribution in [0.3, 0.4) is 0 Å². The Kier molecular flexibility index (Phi) is 4.06. The number of carbonyl (C=O) groups excluding carboxylic acids is 1. The van der Waals surface area contributed by atoms with E-state index in [1.807, 2.05) is 18.2 Å². The number of ketones is 1. The van der Waals surface area contributed by atoms with Gasteiger partial charge in [0, 0.05) is 8.47 Å². The SMILES string of the molecule is CC(=O)C(Cl)c1ccc(S)cc1I. The number of thiol groups is 1. The molecule has 1 aromatic rings. The zero-order valence-electron chi connectivity index (χ0n) is 6.92. The number of rotatable bonds is 2. The second-order valence-corrected chi connectivity index (χ2v) is 4.79. The summed E-state index contributed by atoms with van der Waals surface area (Å²) in [5.74, 6) is -0.0357. The van der Waals surface area contributed by atoms with E-state index < -0.39 is 5.38 Å². The number of Topliss-reactive ketones (excluding diaryl/α,β-unsaturated/α-hetero) is 1. The van der Waals surface area contributed by atoms with Crippen LogP contribution in [-0.2, 0) is 4.79 Å². The van der Waals surface area contributed by atoms with Crippen molar-refractivity contribution in [1.82, 2.24) is 0 Å². The number of alkyl halides is 1. The Morgan fingerprint density at radius 2 is 2.23 bits per heavy atom. The molecular formula is C9H8ClIOS. The van der Waals surface area contributed by atoms with E-state index >= 15 is 0 Å². The minimum atomic E-state index is -0.541. The molecule has 70 valence electrons. The van der Waals surface area contributed by atoms with Crippen molar-refractivity contribution in [3.63, 3.8) is 0 Å². The fourth-order valence-electron chi connectivity index (χ4n) is 0.941. The van der Waals surface area contributed by atoms with Gasteiger partial charge in [-0.05, 0) is 47.2 Å². The molecule has 1 unspecified atom stereocenters. The van der Waals surface area contributed by atoms with Crippen molar-refractivity contribution in [3.8, 4) is 0 Å². The van der Waals surface area contributed by atoms with Crippen LogP contribution in [0.5, 0.6) is 0 Å². The molecule has 1 atom stereocenters. The Labute approximate surface area is 101 Å². The van der Waals surface area contributed by atoms with Crippen molar-refractivity contribution in [1.29, 1.82) is 0 Å². The molecule has 0 amide bonds. The van der Waals surface area contributed by atoms with E-state index in [9.17, 15) is 4.79 Å². The Morgan fingerprint density at radius 3 is 2.69 bits per heavy atom. The van der Waals surface area contributed by atoms with Gasteiger partial charge >= 0.3 is 0 Å². The van der Waals surface area contributed by atoms with Gasteiger partial charge in [-0.3, -0.25) is 4.79 Å². The first-order valence-electron chi connectivity index (χ1n) is 3.65. The molecule has 0 aliphatic carbocycles. The molecule has 1 rings (SSSR count). The van der Waals surface area contributed by atoms with Gasteiger partial charge < -0.3 is 0 Å². The third-order valence-corrected chi connectivity index (χ3v) is 3.37. The summed E-state index contributed by atoms with van der Waals surface area (Å²) < 4.78 is 0.973. The van der Waals surface area contributed by atoms with Gasteiger partial charge in [0.15, 0.2) is 5.78 Å². The summed E-state index contributed by atoms with van der Waals surface area (Å²) in [4.78, 5) is 11.9. The van der Waals surface area contributed by atoms with Crippen LogP contribution in [0.1, 0.15) is 17.9 Å². The van der Waals surface area contributed by atoms with Crippen molar-refractivity contribution in [3.05, 3.63) is 27.3 Å². The molecular weight excluding hydrogens is 319 g/mol.